The molecule has 24 heavy (non-hydrogen) atoms. The van der Waals surface area contributed by atoms with Gasteiger partial charge in [-0.25, -0.2) is 9.18 Å². The Labute approximate surface area is 149 Å². The molecule has 2 aromatic rings. The van der Waals surface area contributed by atoms with Crippen molar-refractivity contribution in [3.63, 3.8) is 0 Å². The molecule has 0 bridgehead atoms. The zero-order valence-corrected chi connectivity index (χ0v) is 14.8. The van der Waals surface area contributed by atoms with Gasteiger partial charge >= 0.3 is 6.09 Å². The van der Waals surface area contributed by atoms with Crippen molar-refractivity contribution in [2.75, 3.05) is 13.1 Å². The fourth-order valence-electron chi connectivity index (χ4n) is 3.02. The lowest BCUT2D eigenvalue weighted by Gasteiger charge is -2.31. The first-order chi connectivity index (χ1) is 11.6. The van der Waals surface area contributed by atoms with E-state index in [2.05, 4.69) is 15.9 Å². The summed E-state index contributed by atoms with van der Waals surface area (Å²) in [4.78, 5) is 13.9. The quantitative estimate of drug-likeness (QED) is 0.727. The van der Waals surface area contributed by atoms with Crippen LogP contribution in [0.15, 0.2) is 53.0 Å². The van der Waals surface area contributed by atoms with Crippen LogP contribution >= 0.6 is 15.9 Å². The van der Waals surface area contributed by atoms with E-state index in [9.17, 15) is 9.18 Å². The number of carbonyl (C=O) groups is 1. The number of likely N-dealkylation sites (tertiary alicyclic amines) is 1. The molecular weight excluding hydrogens is 373 g/mol. The Morgan fingerprint density at radius 3 is 2.54 bits per heavy atom. The Balaban J connectivity index is 1.52. The van der Waals surface area contributed by atoms with Crippen LogP contribution < -0.4 is 0 Å². The van der Waals surface area contributed by atoms with Gasteiger partial charge in [0, 0.05) is 17.6 Å². The van der Waals surface area contributed by atoms with E-state index in [-0.39, 0.29) is 24.4 Å². The summed E-state index contributed by atoms with van der Waals surface area (Å²) < 4.78 is 20.2. The molecule has 0 unspecified atom stereocenters. The van der Waals surface area contributed by atoms with Crippen LogP contribution in [0.25, 0.3) is 0 Å². The van der Waals surface area contributed by atoms with E-state index in [1.807, 2.05) is 42.5 Å². The van der Waals surface area contributed by atoms with E-state index in [1.165, 1.54) is 6.07 Å². The highest BCUT2D eigenvalue weighted by Crippen LogP contribution is 2.31. The normalized spacial score (nSPS) is 15.3. The third-order valence-corrected chi connectivity index (χ3v) is 4.85. The molecule has 1 fully saturated rings. The van der Waals surface area contributed by atoms with Crippen LogP contribution in [0, 0.1) is 5.82 Å². The van der Waals surface area contributed by atoms with E-state index >= 15 is 0 Å². The number of rotatable bonds is 3. The van der Waals surface area contributed by atoms with Gasteiger partial charge in [-0.3, -0.25) is 0 Å². The first kappa shape index (κ1) is 17.0. The number of amides is 1. The van der Waals surface area contributed by atoms with E-state index in [0.29, 0.717) is 13.1 Å². The van der Waals surface area contributed by atoms with Crippen LogP contribution in [-0.4, -0.2) is 24.1 Å². The van der Waals surface area contributed by atoms with Crippen molar-refractivity contribution in [1.29, 1.82) is 0 Å². The molecule has 1 saturated heterocycles. The van der Waals surface area contributed by atoms with E-state index in [4.69, 9.17) is 4.74 Å². The van der Waals surface area contributed by atoms with Crippen molar-refractivity contribution in [2.45, 2.75) is 25.4 Å². The average molecular weight is 392 g/mol. The van der Waals surface area contributed by atoms with E-state index < -0.39 is 0 Å². The van der Waals surface area contributed by atoms with Gasteiger partial charge in [-0.1, -0.05) is 52.3 Å². The molecule has 0 aromatic heterocycles. The van der Waals surface area contributed by atoms with Gasteiger partial charge < -0.3 is 9.64 Å². The Morgan fingerprint density at radius 1 is 1.17 bits per heavy atom. The van der Waals surface area contributed by atoms with Gasteiger partial charge in [0.05, 0.1) is 0 Å². The van der Waals surface area contributed by atoms with E-state index in [1.54, 1.807) is 4.90 Å². The Kier molecular flexibility index (Phi) is 5.51. The number of ether oxygens (including phenoxy) is 1. The second kappa shape index (κ2) is 7.79. The van der Waals surface area contributed by atoms with Gasteiger partial charge in [-0.2, -0.15) is 0 Å². The fourth-order valence-corrected chi connectivity index (χ4v) is 3.35. The molecule has 3 rings (SSSR count). The maximum atomic E-state index is 14.1. The summed E-state index contributed by atoms with van der Waals surface area (Å²) in [6.45, 7) is 1.46. The van der Waals surface area contributed by atoms with Crippen LogP contribution in [0.2, 0.25) is 0 Å². The molecule has 126 valence electrons. The third kappa shape index (κ3) is 4.15. The minimum absolute atomic E-state index is 0.149. The number of carbonyl (C=O) groups excluding carboxylic acids is 1. The zero-order valence-electron chi connectivity index (χ0n) is 13.3. The molecule has 0 N–H and O–H groups in total. The number of benzene rings is 2. The van der Waals surface area contributed by atoms with Crippen LogP contribution in [0.5, 0.6) is 0 Å². The average Bonchev–Trinajstić information content (AvgIpc) is 2.61. The van der Waals surface area contributed by atoms with Gasteiger partial charge in [-0.15, -0.1) is 0 Å². The van der Waals surface area contributed by atoms with Crippen molar-refractivity contribution >= 4 is 22.0 Å². The van der Waals surface area contributed by atoms with Crippen LogP contribution in [-0.2, 0) is 11.3 Å². The number of piperidine rings is 1. The maximum absolute atomic E-state index is 14.1. The first-order valence-electron chi connectivity index (χ1n) is 8.04. The molecule has 0 saturated carbocycles. The van der Waals surface area contributed by atoms with Crippen molar-refractivity contribution in [3.8, 4) is 0 Å². The molecule has 1 heterocycles. The van der Waals surface area contributed by atoms with Gasteiger partial charge in [0.1, 0.15) is 12.4 Å². The summed E-state index contributed by atoms with van der Waals surface area (Å²) in [5, 5.41) is 0. The molecule has 1 aliphatic heterocycles. The predicted molar refractivity (Wildman–Crippen MR) is 94.3 cm³/mol. The fraction of sp³-hybridized carbons (Fsp3) is 0.316. The molecule has 0 atom stereocenters. The summed E-state index contributed by atoms with van der Waals surface area (Å²) >= 11 is 3.28. The molecule has 3 nitrogen and oxygen atoms in total. The number of halogens is 2. The predicted octanol–water partition coefficient (Wildman–Crippen LogP) is 5.10. The van der Waals surface area contributed by atoms with Crippen LogP contribution in [0.4, 0.5) is 9.18 Å². The second-order valence-corrected chi connectivity index (χ2v) is 6.88. The third-order valence-electron chi connectivity index (χ3n) is 4.36. The van der Waals surface area contributed by atoms with Gasteiger partial charge in [-0.05, 0) is 42.0 Å². The minimum atomic E-state index is -0.298. The smallest absolute Gasteiger partial charge is 0.410 e. The lowest BCUT2D eigenvalue weighted by molar-refractivity contribution is 0.0869. The van der Waals surface area contributed by atoms with Crippen molar-refractivity contribution in [3.05, 3.63) is 69.9 Å². The Bertz CT molecular complexity index is 700. The summed E-state index contributed by atoms with van der Waals surface area (Å²) in [6, 6.07) is 14.8. The summed E-state index contributed by atoms with van der Waals surface area (Å²) in [5.74, 6) is -0.0363. The molecule has 5 heteroatoms. The van der Waals surface area contributed by atoms with Crippen molar-refractivity contribution in [1.82, 2.24) is 4.90 Å². The lowest BCUT2D eigenvalue weighted by Crippen LogP contribution is -2.38. The minimum Gasteiger partial charge on any atom is -0.445 e. The summed E-state index contributed by atoms with van der Waals surface area (Å²) in [7, 11) is 0. The van der Waals surface area contributed by atoms with Crippen molar-refractivity contribution in [2.24, 2.45) is 0 Å². The summed E-state index contributed by atoms with van der Waals surface area (Å²) in [6.07, 6.45) is 1.20. The van der Waals surface area contributed by atoms with Crippen LogP contribution in [0.1, 0.15) is 29.9 Å². The topological polar surface area (TPSA) is 29.5 Å². The number of nitrogens with zero attached hydrogens (tertiary/aromatic N) is 1. The Morgan fingerprint density at radius 2 is 1.88 bits per heavy atom. The number of hydrogen-bond acceptors (Lipinski definition) is 2. The second-order valence-electron chi connectivity index (χ2n) is 5.97. The molecule has 0 spiro atoms. The number of hydrogen-bond donors (Lipinski definition) is 0. The molecule has 0 radical (unpaired) electrons. The zero-order chi connectivity index (χ0) is 16.9. The highest BCUT2D eigenvalue weighted by molar-refractivity contribution is 9.10. The van der Waals surface area contributed by atoms with Crippen molar-refractivity contribution < 1.29 is 13.9 Å². The molecular formula is C19H19BrFNO2. The van der Waals surface area contributed by atoms with Crippen LogP contribution in [0.3, 0.4) is 0 Å². The molecule has 1 aliphatic rings. The highest BCUT2D eigenvalue weighted by Gasteiger charge is 2.26. The van der Waals surface area contributed by atoms with Gasteiger partial charge in [0.15, 0.2) is 0 Å². The monoisotopic (exact) mass is 391 g/mol. The standard InChI is InChI=1S/C19H19BrFNO2/c20-16-6-7-17(18(21)12-16)15-8-10-22(11-9-15)19(23)24-13-14-4-2-1-3-5-14/h1-7,12,15H,8-11,13H2. The van der Waals surface area contributed by atoms with Gasteiger partial charge in [0.2, 0.25) is 0 Å². The van der Waals surface area contributed by atoms with Gasteiger partial charge in [0.25, 0.3) is 0 Å². The Hall–Kier alpha value is -1.88. The molecule has 0 aliphatic carbocycles. The summed E-state index contributed by atoms with van der Waals surface area (Å²) in [5.41, 5.74) is 1.70. The van der Waals surface area contributed by atoms with E-state index in [0.717, 1.165) is 28.4 Å². The lowest BCUT2D eigenvalue weighted by atomic mass is 9.89. The highest BCUT2D eigenvalue weighted by atomic mass is 79.9. The molecule has 2 aromatic carbocycles. The largest absolute Gasteiger partial charge is 0.445 e. The maximum Gasteiger partial charge on any atom is 0.410 e. The first-order valence-corrected chi connectivity index (χ1v) is 8.83. The SMILES string of the molecule is O=C(OCc1ccccc1)N1CCC(c2ccc(Br)cc2F)CC1. The molecule has 1 amide bonds.